The highest BCUT2D eigenvalue weighted by Crippen LogP contribution is 2.14. The summed E-state index contributed by atoms with van der Waals surface area (Å²) in [7, 11) is 1.66. The third kappa shape index (κ3) is 4.60. The van der Waals surface area contributed by atoms with Crippen LogP contribution in [-0.4, -0.2) is 27.9 Å². The predicted octanol–water partition coefficient (Wildman–Crippen LogP) is 2.84. The Morgan fingerprint density at radius 3 is 2.71 bits per heavy atom. The summed E-state index contributed by atoms with van der Waals surface area (Å²) in [6, 6.07) is 8.00. The van der Waals surface area contributed by atoms with Gasteiger partial charge < -0.3 is 14.4 Å². The molecule has 4 heteroatoms. The first-order chi connectivity index (χ1) is 10.2. The molecule has 0 bridgehead atoms. The molecular formula is C17H24N2O2. The van der Waals surface area contributed by atoms with Crippen molar-refractivity contribution in [2.75, 3.05) is 7.11 Å². The first-order valence-corrected chi connectivity index (χ1v) is 7.54. The second-order valence-corrected chi connectivity index (χ2v) is 5.28. The van der Waals surface area contributed by atoms with Crippen LogP contribution in [0.2, 0.25) is 0 Å². The Labute approximate surface area is 126 Å². The normalized spacial score (nSPS) is 12.3. The van der Waals surface area contributed by atoms with Crippen molar-refractivity contribution < 1.29 is 9.84 Å². The van der Waals surface area contributed by atoms with E-state index in [9.17, 15) is 5.11 Å². The zero-order valence-electron chi connectivity index (χ0n) is 12.8. The van der Waals surface area contributed by atoms with Crippen molar-refractivity contribution in [3.05, 3.63) is 48.0 Å². The molecule has 1 atom stereocenters. The number of benzene rings is 1. The average molecular weight is 288 g/mol. The molecule has 0 saturated heterocycles. The van der Waals surface area contributed by atoms with Gasteiger partial charge in [0.05, 0.1) is 13.2 Å². The summed E-state index contributed by atoms with van der Waals surface area (Å²) in [6.07, 6.45) is 6.72. The number of methoxy groups -OCH3 is 1. The summed E-state index contributed by atoms with van der Waals surface area (Å²) in [6.45, 7) is 3.10. The molecule has 0 radical (unpaired) electrons. The van der Waals surface area contributed by atoms with E-state index in [1.165, 1.54) is 5.56 Å². The van der Waals surface area contributed by atoms with E-state index in [0.717, 1.165) is 37.4 Å². The number of aliphatic hydroxyl groups excluding tert-OH is 1. The number of aliphatic hydroxyl groups is 1. The van der Waals surface area contributed by atoms with Crippen LogP contribution >= 0.6 is 0 Å². The van der Waals surface area contributed by atoms with Crippen molar-refractivity contribution in [1.29, 1.82) is 0 Å². The number of aryl methyl sites for hydroxylation is 2. The fourth-order valence-electron chi connectivity index (χ4n) is 2.41. The largest absolute Gasteiger partial charge is 0.497 e. The van der Waals surface area contributed by atoms with E-state index in [1.807, 2.05) is 30.5 Å². The van der Waals surface area contributed by atoms with Gasteiger partial charge in [-0.1, -0.05) is 19.1 Å². The first kappa shape index (κ1) is 15.6. The second-order valence-electron chi connectivity index (χ2n) is 5.28. The number of ether oxygens (including phenoxy) is 1. The molecule has 0 fully saturated rings. The summed E-state index contributed by atoms with van der Waals surface area (Å²) in [5, 5.41) is 10.2. The van der Waals surface area contributed by atoms with E-state index >= 15 is 0 Å². The van der Waals surface area contributed by atoms with Gasteiger partial charge in [0.2, 0.25) is 0 Å². The van der Waals surface area contributed by atoms with Crippen LogP contribution in [-0.2, 0) is 19.4 Å². The lowest BCUT2D eigenvalue weighted by Gasteiger charge is -2.12. The molecule has 1 heterocycles. The van der Waals surface area contributed by atoms with Crippen molar-refractivity contribution in [2.24, 2.45) is 0 Å². The Morgan fingerprint density at radius 2 is 2.05 bits per heavy atom. The molecule has 1 aromatic heterocycles. The van der Waals surface area contributed by atoms with Crippen molar-refractivity contribution in [2.45, 2.75) is 45.3 Å². The van der Waals surface area contributed by atoms with Gasteiger partial charge in [-0.2, -0.15) is 0 Å². The fourth-order valence-corrected chi connectivity index (χ4v) is 2.41. The standard InChI is InChI=1S/C17H24N2O2/c1-3-11-19-12-10-18-17(19)13-15(20)7-4-14-5-8-16(21-2)9-6-14/h5-6,8-10,12,15,20H,3-4,7,11,13H2,1-2H3. The van der Waals surface area contributed by atoms with Crippen LogP contribution in [0.3, 0.4) is 0 Å². The summed E-state index contributed by atoms with van der Waals surface area (Å²) >= 11 is 0. The minimum Gasteiger partial charge on any atom is -0.497 e. The lowest BCUT2D eigenvalue weighted by atomic mass is 10.0. The molecule has 21 heavy (non-hydrogen) atoms. The number of imidazole rings is 1. The molecule has 2 rings (SSSR count). The smallest absolute Gasteiger partial charge is 0.118 e. The predicted molar refractivity (Wildman–Crippen MR) is 83.5 cm³/mol. The van der Waals surface area contributed by atoms with Gasteiger partial charge in [-0.25, -0.2) is 4.98 Å². The molecule has 1 aromatic carbocycles. The zero-order valence-corrected chi connectivity index (χ0v) is 12.8. The van der Waals surface area contributed by atoms with Crippen molar-refractivity contribution in [1.82, 2.24) is 9.55 Å². The first-order valence-electron chi connectivity index (χ1n) is 7.54. The number of rotatable bonds is 8. The molecule has 0 saturated carbocycles. The molecular weight excluding hydrogens is 264 g/mol. The quantitative estimate of drug-likeness (QED) is 0.812. The molecule has 2 aromatic rings. The van der Waals surface area contributed by atoms with E-state index in [1.54, 1.807) is 13.3 Å². The Balaban J connectivity index is 1.83. The van der Waals surface area contributed by atoms with E-state index in [-0.39, 0.29) is 6.10 Å². The summed E-state index contributed by atoms with van der Waals surface area (Å²) in [4.78, 5) is 4.34. The molecule has 0 amide bonds. The highest BCUT2D eigenvalue weighted by Gasteiger charge is 2.10. The Hall–Kier alpha value is -1.81. The van der Waals surface area contributed by atoms with Crippen molar-refractivity contribution >= 4 is 0 Å². The molecule has 0 aliphatic heterocycles. The summed E-state index contributed by atoms with van der Waals surface area (Å²) in [5.41, 5.74) is 1.21. The highest BCUT2D eigenvalue weighted by molar-refractivity contribution is 5.27. The molecule has 0 aliphatic rings. The van der Waals surface area contributed by atoms with Crippen molar-refractivity contribution in [3.8, 4) is 5.75 Å². The van der Waals surface area contributed by atoms with Gasteiger partial charge >= 0.3 is 0 Å². The van der Waals surface area contributed by atoms with E-state index < -0.39 is 0 Å². The minimum absolute atomic E-state index is 0.356. The molecule has 1 unspecified atom stereocenters. The topological polar surface area (TPSA) is 47.3 Å². The van der Waals surface area contributed by atoms with E-state index in [4.69, 9.17) is 4.74 Å². The highest BCUT2D eigenvalue weighted by atomic mass is 16.5. The van der Waals surface area contributed by atoms with Gasteiger partial charge in [0, 0.05) is 25.4 Å². The molecule has 114 valence electrons. The number of aromatic nitrogens is 2. The van der Waals surface area contributed by atoms with Gasteiger partial charge in [-0.15, -0.1) is 0 Å². The number of hydrogen-bond acceptors (Lipinski definition) is 3. The van der Waals surface area contributed by atoms with Crippen molar-refractivity contribution in [3.63, 3.8) is 0 Å². The molecule has 0 spiro atoms. The average Bonchev–Trinajstić information content (AvgIpc) is 2.93. The minimum atomic E-state index is -0.356. The molecule has 1 N–H and O–H groups in total. The molecule has 4 nitrogen and oxygen atoms in total. The molecule has 0 aliphatic carbocycles. The van der Waals surface area contributed by atoms with Crippen LogP contribution in [0.1, 0.15) is 31.2 Å². The maximum atomic E-state index is 10.2. The van der Waals surface area contributed by atoms with Gasteiger partial charge in [-0.05, 0) is 37.0 Å². The maximum Gasteiger partial charge on any atom is 0.118 e. The Morgan fingerprint density at radius 1 is 1.29 bits per heavy atom. The van der Waals surface area contributed by atoms with Crippen LogP contribution < -0.4 is 4.74 Å². The third-order valence-corrected chi connectivity index (χ3v) is 3.61. The third-order valence-electron chi connectivity index (χ3n) is 3.61. The Bertz CT molecular complexity index is 534. The lowest BCUT2D eigenvalue weighted by molar-refractivity contribution is 0.161. The fraction of sp³-hybridized carbons (Fsp3) is 0.471. The van der Waals surface area contributed by atoms with Crippen LogP contribution in [0.5, 0.6) is 5.75 Å². The summed E-state index contributed by atoms with van der Waals surface area (Å²) in [5.74, 6) is 1.83. The van der Waals surface area contributed by atoms with Crippen LogP contribution in [0.4, 0.5) is 0 Å². The maximum absolute atomic E-state index is 10.2. The van der Waals surface area contributed by atoms with E-state index in [0.29, 0.717) is 6.42 Å². The second kappa shape index (κ2) is 7.84. The monoisotopic (exact) mass is 288 g/mol. The number of nitrogens with zero attached hydrogens (tertiary/aromatic N) is 2. The van der Waals surface area contributed by atoms with E-state index in [2.05, 4.69) is 16.5 Å². The summed E-state index contributed by atoms with van der Waals surface area (Å²) < 4.78 is 7.26. The number of hydrogen-bond donors (Lipinski definition) is 1. The lowest BCUT2D eigenvalue weighted by Crippen LogP contribution is -2.15. The van der Waals surface area contributed by atoms with Crippen LogP contribution in [0.25, 0.3) is 0 Å². The van der Waals surface area contributed by atoms with Gasteiger partial charge in [-0.3, -0.25) is 0 Å². The van der Waals surface area contributed by atoms with Gasteiger partial charge in [0.15, 0.2) is 0 Å². The van der Waals surface area contributed by atoms with Gasteiger partial charge in [0.1, 0.15) is 11.6 Å². The van der Waals surface area contributed by atoms with Crippen LogP contribution in [0.15, 0.2) is 36.7 Å². The Kier molecular flexibility index (Phi) is 5.81. The van der Waals surface area contributed by atoms with Gasteiger partial charge in [0.25, 0.3) is 0 Å². The zero-order chi connectivity index (χ0) is 15.1. The SMILES string of the molecule is CCCn1ccnc1CC(O)CCc1ccc(OC)cc1. The van der Waals surface area contributed by atoms with Crippen LogP contribution in [0, 0.1) is 0 Å².